The number of nitriles is 1. The van der Waals surface area contributed by atoms with Gasteiger partial charge in [-0.15, -0.1) is 0 Å². The average molecular weight is 426 g/mol. The summed E-state index contributed by atoms with van der Waals surface area (Å²) in [5, 5.41) is 13.0. The molecule has 8 heteroatoms. The average Bonchev–Trinajstić information content (AvgIpc) is 3.17. The maximum atomic E-state index is 13.2. The fourth-order valence-electron chi connectivity index (χ4n) is 4.42. The van der Waals surface area contributed by atoms with E-state index in [0.717, 1.165) is 42.7 Å². The molecule has 1 amide bonds. The Hall–Kier alpha value is -3.47. The number of halogens is 3. The summed E-state index contributed by atoms with van der Waals surface area (Å²) >= 11 is 0. The molecular weight excluding hydrogens is 405 g/mol. The Balaban J connectivity index is 1.47. The van der Waals surface area contributed by atoms with Gasteiger partial charge in [-0.1, -0.05) is 6.07 Å². The molecule has 1 saturated carbocycles. The summed E-state index contributed by atoms with van der Waals surface area (Å²) in [5.41, 5.74) is 5.99. The Morgan fingerprint density at radius 2 is 1.87 bits per heavy atom. The molecule has 0 saturated heterocycles. The van der Waals surface area contributed by atoms with Gasteiger partial charge in [-0.3, -0.25) is 4.79 Å². The monoisotopic (exact) mass is 426 g/mol. The lowest BCUT2D eigenvalue weighted by Crippen LogP contribution is -2.27. The number of carbonyl (C=O) groups is 1. The van der Waals surface area contributed by atoms with Crippen LogP contribution in [0.15, 0.2) is 48.7 Å². The normalized spacial score (nSPS) is 19.2. The quantitative estimate of drug-likeness (QED) is 0.599. The number of fused-ring (bicyclic) bond motifs is 1. The predicted octanol–water partition coefficient (Wildman–Crippen LogP) is 5.23. The summed E-state index contributed by atoms with van der Waals surface area (Å²) in [6.45, 7) is 0. The van der Waals surface area contributed by atoms with Crippen LogP contribution in [0.1, 0.15) is 53.2 Å². The van der Waals surface area contributed by atoms with Crippen LogP contribution in [0.5, 0.6) is 0 Å². The zero-order chi connectivity index (χ0) is 22.2. The molecule has 3 N–H and O–H groups in total. The molecule has 1 fully saturated rings. The Bertz CT molecular complexity index is 1170. The molecule has 1 aromatic heterocycles. The number of rotatable bonds is 4. The minimum atomic E-state index is -4.57. The van der Waals surface area contributed by atoms with Crippen molar-refractivity contribution in [2.45, 2.75) is 43.9 Å². The highest BCUT2D eigenvalue weighted by atomic mass is 19.4. The molecule has 1 heterocycles. The number of carbonyl (C=O) groups excluding carboxylic acids is 1. The molecule has 1 aliphatic rings. The van der Waals surface area contributed by atoms with Gasteiger partial charge in [0.1, 0.15) is 0 Å². The van der Waals surface area contributed by atoms with Crippen LogP contribution in [0, 0.1) is 11.3 Å². The molecule has 31 heavy (non-hydrogen) atoms. The summed E-state index contributed by atoms with van der Waals surface area (Å²) in [5.74, 6) is -0.461. The number of benzene rings is 2. The summed E-state index contributed by atoms with van der Waals surface area (Å²) < 4.78 is 41.7. The van der Waals surface area contributed by atoms with Gasteiger partial charge in [0.2, 0.25) is 5.91 Å². The number of aromatic nitrogens is 1. The molecule has 0 bridgehead atoms. The molecule has 0 atom stereocenters. The Kier molecular flexibility index (Phi) is 5.36. The Morgan fingerprint density at radius 1 is 1.13 bits per heavy atom. The van der Waals surface area contributed by atoms with Crippen LogP contribution in [-0.4, -0.2) is 16.5 Å². The number of alkyl halides is 3. The lowest BCUT2D eigenvalue weighted by Gasteiger charge is -2.31. The number of nitrogens with two attached hydrogens (primary N) is 1. The fourth-order valence-corrected chi connectivity index (χ4v) is 4.42. The second-order valence-corrected chi connectivity index (χ2v) is 7.85. The molecule has 0 unspecified atom stereocenters. The van der Waals surface area contributed by atoms with Crippen LogP contribution in [0.3, 0.4) is 0 Å². The fraction of sp³-hybridized carbons (Fsp3) is 0.304. The van der Waals surface area contributed by atoms with Crippen molar-refractivity contribution in [3.05, 3.63) is 65.4 Å². The van der Waals surface area contributed by atoms with Crippen molar-refractivity contribution in [3.8, 4) is 6.07 Å². The first-order valence-corrected chi connectivity index (χ1v) is 10.0. The lowest BCUT2D eigenvalue weighted by molar-refractivity contribution is -0.137. The first-order chi connectivity index (χ1) is 14.8. The smallest absolute Gasteiger partial charge is 0.382 e. The summed E-state index contributed by atoms with van der Waals surface area (Å²) in [6, 6.07) is 13.0. The molecular formula is C23H21F3N4O. The molecule has 2 aromatic carbocycles. The van der Waals surface area contributed by atoms with Crippen molar-refractivity contribution in [1.29, 1.82) is 5.26 Å². The van der Waals surface area contributed by atoms with Crippen LogP contribution in [0.2, 0.25) is 0 Å². The number of hydrogen-bond donors (Lipinski definition) is 2. The molecule has 160 valence electrons. The van der Waals surface area contributed by atoms with Gasteiger partial charge in [0, 0.05) is 40.4 Å². The molecule has 4 rings (SSSR count). The van der Waals surface area contributed by atoms with Gasteiger partial charge in [0.15, 0.2) is 0 Å². The highest BCUT2D eigenvalue weighted by molar-refractivity contribution is 6.05. The van der Waals surface area contributed by atoms with Gasteiger partial charge in [-0.25, -0.2) is 0 Å². The molecule has 0 spiro atoms. The standard InChI is InChI=1S/C23H21F3N4O/c24-23(25,26)20-12-16(5-4-14(20)13-27)29-15-6-8-17(9-7-15)30-11-10-18-19(22(28)31)2-1-3-21(18)30/h1-5,10-12,15,17,29H,6-9H2,(H2,28,31). The lowest BCUT2D eigenvalue weighted by atomic mass is 9.90. The van der Waals surface area contributed by atoms with E-state index in [0.29, 0.717) is 11.3 Å². The Labute approximate surface area is 177 Å². The zero-order valence-corrected chi connectivity index (χ0v) is 16.6. The van der Waals surface area contributed by atoms with Crippen molar-refractivity contribution in [3.63, 3.8) is 0 Å². The summed E-state index contributed by atoms with van der Waals surface area (Å²) in [6.07, 6.45) is 0.684. The van der Waals surface area contributed by atoms with Crippen molar-refractivity contribution < 1.29 is 18.0 Å². The Morgan fingerprint density at radius 3 is 2.52 bits per heavy atom. The maximum Gasteiger partial charge on any atom is 0.417 e. The molecule has 0 radical (unpaired) electrons. The van der Waals surface area contributed by atoms with Gasteiger partial charge >= 0.3 is 6.18 Å². The number of nitrogens with zero attached hydrogens (tertiary/aromatic N) is 2. The van der Waals surface area contributed by atoms with Gasteiger partial charge in [0.25, 0.3) is 0 Å². The third-order valence-electron chi connectivity index (χ3n) is 5.93. The van der Waals surface area contributed by atoms with Crippen LogP contribution in [0.25, 0.3) is 10.9 Å². The predicted molar refractivity (Wildman–Crippen MR) is 112 cm³/mol. The molecule has 5 nitrogen and oxygen atoms in total. The van der Waals surface area contributed by atoms with E-state index >= 15 is 0 Å². The van der Waals surface area contributed by atoms with Crippen LogP contribution in [-0.2, 0) is 6.18 Å². The van der Waals surface area contributed by atoms with E-state index in [9.17, 15) is 18.0 Å². The van der Waals surface area contributed by atoms with E-state index in [1.807, 2.05) is 24.4 Å². The first kappa shape index (κ1) is 20.8. The van der Waals surface area contributed by atoms with Crippen molar-refractivity contribution in [2.24, 2.45) is 5.73 Å². The second-order valence-electron chi connectivity index (χ2n) is 7.85. The van der Waals surface area contributed by atoms with E-state index in [2.05, 4.69) is 9.88 Å². The third kappa shape index (κ3) is 4.08. The topological polar surface area (TPSA) is 83.8 Å². The largest absolute Gasteiger partial charge is 0.417 e. The number of nitrogens with one attached hydrogen (secondary N) is 1. The van der Waals surface area contributed by atoms with Crippen LogP contribution >= 0.6 is 0 Å². The van der Waals surface area contributed by atoms with Crippen LogP contribution < -0.4 is 11.1 Å². The van der Waals surface area contributed by atoms with Gasteiger partial charge in [-0.05, 0) is 62.1 Å². The van der Waals surface area contributed by atoms with Gasteiger partial charge in [-0.2, -0.15) is 18.4 Å². The van der Waals surface area contributed by atoms with E-state index in [1.54, 1.807) is 12.1 Å². The number of primary amides is 1. The van der Waals surface area contributed by atoms with Crippen molar-refractivity contribution in [2.75, 3.05) is 5.32 Å². The molecule has 3 aromatic rings. The highest BCUT2D eigenvalue weighted by Crippen LogP contribution is 2.36. The van der Waals surface area contributed by atoms with E-state index < -0.39 is 17.6 Å². The van der Waals surface area contributed by atoms with E-state index in [1.165, 1.54) is 12.1 Å². The molecule has 1 aliphatic carbocycles. The number of anilines is 1. The first-order valence-electron chi connectivity index (χ1n) is 10.0. The van der Waals surface area contributed by atoms with E-state index in [4.69, 9.17) is 11.0 Å². The summed E-state index contributed by atoms with van der Waals surface area (Å²) in [7, 11) is 0. The number of amides is 1. The van der Waals surface area contributed by atoms with Gasteiger partial charge < -0.3 is 15.6 Å². The number of hydrogen-bond acceptors (Lipinski definition) is 3. The van der Waals surface area contributed by atoms with Crippen molar-refractivity contribution in [1.82, 2.24) is 4.57 Å². The summed E-state index contributed by atoms with van der Waals surface area (Å²) in [4.78, 5) is 11.7. The van der Waals surface area contributed by atoms with Crippen LogP contribution in [0.4, 0.5) is 18.9 Å². The van der Waals surface area contributed by atoms with Gasteiger partial charge in [0.05, 0.1) is 17.2 Å². The minimum absolute atomic E-state index is 0.0493. The highest BCUT2D eigenvalue weighted by Gasteiger charge is 2.34. The third-order valence-corrected chi connectivity index (χ3v) is 5.93. The van der Waals surface area contributed by atoms with E-state index in [-0.39, 0.29) is 17.6 Å². The zero-order valence-electron chi connectivity index (χ0n) is 16.6. The second kappa shape index (κ2) is 7.99. The molecule has 0 aliphatic heterocycles. The SMILES string of the molecule is N#Cc1ccc(NC2CCC(n3ccc4c(C(N)=O)cccc43)CC2)cc1C(F)(F)F. The minimum Gasteiger partial charge on any atom is -0.382 e. The maximum absolute atomic E-state index is 13.2. The van der Waals surface area contributed by atoms with Crippen molar-refractivity contribution >= 4 is 22.5 Å².